The number of anilines is 1. The Balaban J connectivity index is 1.47. The van der Waals surface area contributed by atoms with E-state index in [1.54, 1.807) is 22.9 Å². The lowest BCUT2D eigenvalue weighted by Crippen LogP contribution is -2.25. The quantitative estimate of drug-likeness (QED) is 0.562. The minimum absolute atomic E-state index is 0.00860. The van der Waals surface area contributed by atoms with Crippen molar-refractivity contribution in [3.05, 3.63) is 65.0 Å². The average molecular weight is 401 g/mol. The molecule has 2 heterocycles. The highest BCUT2D eigenvalue weighted by Gasteiger charge is 2.22. The maximum absolute atomic E-state index is 12.9. The molecule has 152 valence electrons. The smallest absolute Gasteiger partial charge is 0.248 e. The molecule has 1 aliphatic rings. The van der Waals surface area contributed by atoms with Gasteiger partial charge in [-0.25, -0.2) is 4.98 Å². The van der Waals surface area contributed by atoms with Crippen LogP contribution in [0.15, 0.2) is 59.5 Å². The summed E-state index contributed by atoms with van der Waals surface area (Å²) in [4.78, 5) is 29.7. The molecule has 1 fully saturated rings. The van der Waals surface area contributed by atoms with E-state index in [9.17, 15) is 9.59 Å². The summed E-state index contributed by atoms with van der Waals surface area (Å²) in [5.41, 5.74) is 2.42. The maximum atomic E-state index is 12.9. The van der Waals surface area contributed by atoms with Crippen molar-refractivity contribution in [2.45, 2.75) is 44.7 Å². The molecule has 0 unspecified atom stereocenters. The second-order valence-corrected chi connectivity index (χ2v) is 7.82. The van der Waals surface area contributed by atoms with E-state index in [2.05, 4.69) is 21.0 Å². The molecule has 0 saturated heterocycles. The van der Waals surface area contributed by atoms with Gasteiger partial charge in [0.1, 0.15) is 6.54 Å². The van der Waals surface area contributed by atoms with Crippen molar-refractivity contribution in [1.29, 1.82) is 0 Å². The van der Waals surface area contributed by atoms with E-state index < -0.39 is 0 Å². The number of para-hydroxylation sites is 3. The van der Waals surface area contributed by atoms with Gasteiger partial charge in [0.15, 0.2) is 0 Å². The first-order valence-corrected chi connectivity index (χ1v) is 10.4. The third-order valence-electron chi connectivity index (χ3n) is 5.84. The molecule has 0 radical (unpaired) electrons. The summed E-state index contributed by atoms with van der Waals surface area (Å²) in [5, 5.41) is 7.71. The molecule has 2 aromatic heterocycles. The third-order valence-corrected chi connectivity index (χ3v) is 5.84. The van der Waals surface area contributed by atoms with Crippen LogP contribution < -0.4 is 10.7 Å². The number of nitrogens with one attached hydrogen (secondary N) is 1. The molecule has 0 spiro atoms. The van der Waals surface area contributed by atoms with E-state index in [1.807, 2.05) is 24.3 Å². The Labute approximate surface area is 173 Å². The van der Waals surface area contributed by atoms with E-state index in [1.165, 1.54) is 25.5 Å². The number of benzene rings is 2. The number of rotatable bonds is 4. The first-order valence-electron chi connectivity index (χ1n) is 10.4. The highest BCUT2D eigenvalue weighted by molar-refractivity contribution is 5.92. The summed E-state index contributed by atoms with van der Waals surface area (Å²) in [6.07, 6.45) is 7.09. The van der Waals surface area contributed by atoms with Gasteiger partial charge in [-0.1, -0.05) is 43.5 Å². The van der Waals surface area contributed by atoms with Gasteiger partial charge >= 0.3 is 0 Å². The predicted octanol–water partition coefficient (Wildman–Crippen LogP) is 3.89. The van der Waals surface area contributed by atoms with Crippen LogP contribution in [0.4, 0.5) is 5.95 Å². The van der Waals surface area contributed by atoms with E-state index in [-0.39, 0.29) is 17.9 Å². The van der Waals surface area contributed by atoms with Gasteiger partial charge in [-0.05, 0) is 37.1 Å². The summed E-state index contributed by atoms with van der Waals surface area (Å²) in [6, 6.07) is 15.5. The van der Waals surface area contributed by atoms with E-state index in [4.69, 9.17) is 4.98 Å². The fraction of sp³-hybridized carbons (Fsp3) is 0.304. The number of aromatic nitrogens is 4. The van der Waals surface area contributed by atoms with Crippen LogP contribution >= 0.6 is 0 Å². The van der Waals surface area contributed by atoms with Gasteiger partial charge in [0.25, 0.3) is 0 Å². The van der Waals surface area contributed by atoms with Crippen molar-refractivity contribution >= 4 is 33.8 Å². The van der Waals surface area contributed by atoms with Crippen LogP contribution in [0.5, 0.6) is 0 Å². The average Bonchev–Trinajstić information content (AvgIpc) is 3.14. The highest BCUT2D eigenvalue weighted by Crippen LogP contribution is 2.34. The topological polar surface area (TPSA) is 81.8 Å². The van der Waals surface area contributed by atoms with Gasteiger partial charge in [-0.3, -0.25) is 19.6 Å². The number of carbonyl (C=O) groups excluding carboxylic acids is 1. The first kappa shape index (κ1) is 18.5. The zero-order chi connectivity index (χ0) is 20.5. The molecular weight excluding hydrogens is 378 g/mol. The first-order chi connectivity index (χ1) is 14.7. The van der Waals surface area contributed by atoms with Gasteiger partial charge in [0.05, 0.1) is 22.7 Å². The Hall–Kier alpha value is -3.48. The van der Waals surface area contributed by atoms with Crippen LogP contribution in [0.2, 0.25) is 0 Å². The number of amides is 1. The summed E-state index contributed by atoms with van der Waals surface area (Å²) < 4.78 is 3.74. The molecule has 0 aliphatic heterocycles. The van der Waals surface area contributed by atoms with Crippen molar-refractivity contribution in [1.82, 2.24) is 19.3 Å². The summed E-state index contributed by atoms with van der Waals surface area (Å²) in [7, 11) is 0. The van der Waals surface area contributed by atoms with E-state index >= 15 is 0 Å². The molecule has 7 nitrogen and oxygen atoms in total. The summed E-state index contributed by atoms with van der Waals surface area (Å²) in [5.74, 6) is 0.363. The van der Waals surface area contributed by atoms with E-state index in [0.29, 0.717) is 22.9 Å². The molecule has 1 N–H and O–H groups in total. The second kappa shape index (κ2) is 7.74. The molecule has 4 aromatic rings. The van der Waals surface area contributed by atoms with Gasteiger partial charge < -0.3 is 4.57 Å². The summed E-state index contributed by atoms with van der Waals surface area (Å²) in [6.45, 7) is 0.00860. The SMILES string of the molecule is O=C(Cn1ncc(=O)c2ccccc21)Nc1nc2ccccc2n1C1CCCCC1. The molecule has 1 amide bonds. The van der Waals surface area contributed by atoms with Crippen LogP contribution in [-0.4, -0.2) is 25.2 Å². The lowest BCUT2D eigenvalue weighted by molar-refractivity contribution is -0.116. The molecule has 1 saturated carbocycles. The predicted molar refractivity (Wildman–Crippen MR) is 116 cm³/mol. The number of carbonyl (C=O) groups is 1. The molecule has 7 heteroatoms. The Morgan fingerprint density at radius 2 is 1.73 bits per heavy atom. The maximum Gasteiger partial charge on any atom is 0.248 e. The van der Waals surface area contributed by atoms with Crippen LogP contribution in [0.1, 0.15) is 38.1 Å². The zero-order valence-corrected chi connectivity index (χ0v) is 16.6. The van der Waals surface area contributed by atoms with Crippen molar-refractivity contribution in [2.75, 3.05) is 5.32 Å². The van der Waals surface area contributed by atoms with Gasteiger partial charge in [-0.15, -0.1) is 0 Å². The fourth-order valence-corrected chi connectivity index (χ4v) is 4.43. The third kappa shape index (κ3) is 3.36. The molecule has 30 heavy (non-hydrogen) atoms. The Morgan fingerprint density at radius 3 is 2.57 bits per heavy atom. The normalized spacial score (nSPS) is 14.9. The van der Waals surface area contributed by atoms with E-state index in [0.717, 1.165) is 23.9 Å². The highest BCUT2D eigenvalue weighted by atomic mass is 16.2. The zero-order valence-electron chi connectivity index (χ0n) is 16.6. The Bertz CT molecular complexity index is 1280. The molecule has 1 aliphatic carbocycles. The molecule has 5 rings (SSSR count). The van der Waals surface area contributed by atoms with Gasteiger partial charge in [-0.2, -0.15) is 5.10 Å². The van der Waals surface area contributed by atoms with Crippen molar-refractivity contribution < 1.29 is 4.79 Å². The van der Waals surface area contributed by atoms with Crippen molar-refractivity contribution in [3.63, 3.8) is 0 Å². The number of hydrogen-bond donors (Lipinski definition) is 1. The number of nitrogens with zero attached hydrogens (tertiary/aromatic N) is 4. The fourth-order valence-electron chi connectivity index (χ4n) is 4.43. The van der Waals surface area contributed by atoms with Crippen LogP contribution in [-0.2, 0) is 11.3 Å². The standard InChI is InChI=1S/C23H23N5O2/c29-21-14-24-27(19-12-6-4-10-17(19)21)15-22(30)26-23-25-18-11-5-7-13-20(18)28(23)16-8-2-1-3-9-16/h4-7,10-14,16H,1-3,8-9,15H2,(H,25,26,30). The molecule has 0 atom stereocenters. The van der Waals surface area contributed by atoms with Crippen molar-refractivity contribution in [3.8, 4) is 0 Å². The van der Waals surface area contributed by atoms with Crippen molar-refractivity contribution in [2.24, 2.45) is 0 Å². The van der Waals surface area contributed by atoms with Crippen LogP contribution in [0.3, 0.4) is 0 Å². The molecular formula is C23H23N5O2. The van der Waals surface area contributed by atoms with Crippen LogP contribution in [0, 0.1) is 0 Å². The number of hydrogen-bond acceptors (Lipinski definition) is 4. The molecule has 0 bridgehead atoms. The lowest BCUT2D eigenvalue weighted by atomic mass is 9.95. The lowest BCUT2D eigenvalue weighted by Gasteiger charge is -2.25. The Kier molecular flexibility index (Phi) is 4.78. The summed E-state index contributed by atoms with van der Waals surface area (Å²) >= 11 is 0. The minimum Gasteiger partial charge on any atom is -0.307 e. The monoisotopic (exact) mass is 401 g/mol. The number of imidazole rings is 1. The largest absolute Gasteiger partial charge is 0.307 e. The Morgan fingerprint density at radius 1 is 1.00 bits per heavy atom. The van der Waals surface area contributed by atoms with Gasteiger partial charge in [0, 0.05) is 11.4 Å². The van der Waals surface area contributed by atoms with Gasteiger partial charge in [0.2, 0.25) is 17.3 Å². The number of fused-ring (bicyclic) bond motifs is 2. The minimum atomic E-state index is -0.219. The van der Waals surface area contributed by atoms with Crippen LogP contribution in [0.25, 0.3) is 21.9 Å². The second-order valence-electron chi connectivity index (χ2n) is 7.82. The molecule has 2 aromatic carbocycles.